The van der Waals surface area contributed by atoms with Crippen molar-refractivity contribution >= 4 is 17.0 Å². The first-order chi connectivity index (χ1) is 11.8. The number of benzene rings is 1. The van der Waals surface area contributed by atoms with Crippen LogP contribution in [0.2, 0.25) is 0 Å². The van der Waals surface area contributed by atoms with E-state index in [0.29, 0.717) is 0 Å². The monoisotopic (exact) mass is 337 g/mol. The Balaban J connectivity index is 0.000000815. The SMILES string of the molecule is CC.COc1ccc(-c2cnc3c(-c4ccsc4)cnn3c2)cc1. The highest BCUT2D eigenvalue weighted by Gasteiger charge is 2.09. The Kier molecular flexibility index (Phi) is 4.91. The summed E-state index contributed by atoms with van der Waals surface area (Å²) in [6, 6.07) is 10.0. The number of hydrogen-bond donors (Lipinski definition) is 0. The van der Waals surface area contributed by atoms with Crippen LogP contribution >= 0.6 is 11.3 Å². The Morgan fingerprint density at radius 3 is 2.42 bits per heavy atom. The van der Waals surface area contributed by atoms with Crippen LogP contribution in [0.15, 0.2) is 59.7 Å². The van der Waals surface area contributed by atoms with E-state index in [0.717, 1.165) is 33.7 Å². The van der Waals surface area contributed by atoms with Crippen LogP contribution in [0.4, 0.5) is 0 Å². The average Bonchev–Trinajstić information content (AvgIpc) is 3.32. The summed E-state index contributed by atoms with van der Waals surface area (Å²) in [4.78, 5) is 4.59. The van der Waals surface area contributed by atoms with Gasteiger partial charge < -0.3 is 4.74 Å². The van der Waals surface area contributed by atoms with Crippen LogP contribution in [0.25, 0.3) is 27.9 Å². The third kappa shape index (κ3) is 3.03. The van der Waals surface area contributed by atoms with Gasteiger partial charge in [-0.05, 0) is 40.1 Å². The molecule has 0 unspecified atom stereocenters. The zero-order valence-electron chi connectivity index (χ0n) is 13.9. The van der Waals surface area contributed by atoms with Crippen molar-refractivity contribution in [3.05, 3.63) is 59.7 Å². The normalized spacial score (nSPS) is 10.3. The molecule has 1 aromatic carbocycles. The Morgan fingerprint density at radius 2 is 1.75 bits per heavy atom. The molecule has 0 atom stereocenters. The highest BCUT2D eigenvalue weighted by atomic mass is 32.1. The maximum atomic E-state index is 5.19. The van der Waals surface area contributed by atoms with Crippen molar-refractivity contribution in [2.75, 3.05) is 7.11 Å². The van der Waals surface area contributed by atoms with Crippen LogP contribution in [0.5, 0.6) is 5.75 Å². The van der Waals surface area contributed by atoms with Gasteiger partial charge in [-0.3, -0.25) is 0 Å². The lowest BCUT2D eigenvalue weighted by molar-refractivity contribution is 0.415. The number of thiophene rings is 1. The lowest BCUT2D eigenvalue weighted by atomic mass is 10.1. The first-order valence-corrected chi connectivity index (χ1v) is 8.80. The Labute approximate surface area is 145 Å². The fourth-order valence-electron chi connectivity index (χ4n) is 2.43. The minimum atomic E-state index is 0.844. The molecule has 4 aromatic rings. The summed E-state index contributed by atoms with van der Waals surface area (Å²) in [7, 11) is 1.67. The number of aromatic nitrogens is 3. The summed E-state index contributed by atoms with van der Waals surface area (Å²) < 4.78 is 7.01. The summed E-state index contributed by atoms with van der Waals surface area (Å²) in [5, 5.41) is 8.60. The molecule has 0 fully saturated rings. The van der Waals surface area contributed by atoms with E-state index >= 15 is 0 Å². The van der Waals surface area contributed by atoms with Crippen molar-refractivity contribution in [3.63, 3.8) is 0 Å². The van der Waals surface area contributed by atoms with Gasteiger partial charge in [0.15, 0.2) is 5.65 Å². The lowest BCUT2D eigenvalue weighted by Crippen LogP contribution is -1.92. The topological polar surface area (TPSA) is 39.4 Å². The van der Waals surface area contributed by atoms with Gasteiger partial charge in [-0.15, -0.1) is 0 Å². The van der Waals surface area contributed by atoms with Crippen molar-refractivity contribution in [1.29, 1.82) is 0 Å². The van der Waals surface area contributed by atoms with Crippen LogP contribution in [-0.2, 0) is 0 Å². The standard InChI is InChI=1S/C17H13N3OS.C2H6/c1-21-15-4-2-12(3-5-15)14-8-18-17-16(9-19-20(17)10-14)13-6-7-22-11-13;1-2/h2-11H,1H3;1-2H3. The largest absolute Gasteiger partial charge is 0.497 e. The maximum absolute atomic E-state index is 5.19. The first kappa shape index (κ1) is 16.2. The van der Waals surface area contributed by atoms with E-state index in [1.165, 1.54) is 0 Å². The molecule has 24 heavy (non-hydrogen) atoms. The van der Waals surface area contributed by atoms with E-state index in [4.69, 9.17) is 4.74 Å². The molecule has 0 bridgehead atoms. The molecule has 4 nitrogen and oxygen atoms in total. The van der Waals surface area contributed by atoms with Gasteiger partial charge in [-0.2, -0.15) is 16.4 Å². The molecular formula is C19H19N3OS. The van der Waals surface area contributed by atoms with Crippen molar-refractivity contribution in [2.45, 2.75) is 13.8 Å². The quantitative estimate of drug-likeness (QED) is 0.518. The van der Waals surface area contributed by atoms with Crippen LogP contribution in [0.1, 0.15) is 13.8 Å². The summed E-state index contributed by atoms with van der Waals surface area (Å²) >= 11 is 1.67. The molecular weight excluding hydrogens is 318 g/mol. The van der Waals surface area contributed by atoms with Crippen molar-refractivity contribution in [3.8, 4) is 28.0 Å². The van der Waals surface area contributed by atoms with Gasteiger partial charge in [0.1, 0.15) is 5.75 Å². The van der Waals surface area contributed by atoms with Crippen LogP contribution in [0, 0.1) is 0 Å². The van der Waals surface area contributed by atoms with Crippen LogP contribution in [0.3, 0.4) is 0 Å². The number of ether oxygens (including phenoxy) is 1. The predicted octanol–water partition coefficient (Wildman–Crippen LogP) is 5.16. The second kappa shape index (κ2) is 7.27. The van der Waals surface area contributed by atoms with E-state index in [1.807, 2.05) is 61.2 Å². The number of nitrogens with zero attached hydrogens (tertiary/aromatic N) is 3. The summed E-state index contributed by atoms with van der Waals surface area (Å²) in [6.45, 7) is 4.00. The summed E-state index contributed by atoms with van der Waals surface area (Å²) in [5.74, 6) is 0.844. The molecule has 0 saturated carbocycles. The Bertz CT molecular complexity index is 912. The van der Waals surface area contributed by atoms with Gasteiger partial charge in [0, 0.05) is 23.5 Å². The number of rotatable bonds is 3. The van der Waals surface area contributed by atoms with Gasteiger partial charge in [0.25, 0.3) is 0 Å². The molecule has 3 heterocycles. The lowest BCUT2D eigenvalue weighted by Gasteiger charge is -2.04. The van der Waals surface area contributed by atoms with Crippen molar-refractivity contribution < 1.29 is 4.74 Å². The number of fused-ring (bicyclic) bond motifs is 1. The molecule has 0 amide bonds. The smallest absolute Gasteiger partial charge is 0.162 e. The molecule has 122 valence electrons. The summed E-state index contributed by atoms with van der Waals surface area (Å²) in [5.41, 5.74) is 5.20. The van der Waals surface area contributed by atoms with E-state index in [9.17, 15) is 0 Å². The molecule has 0 saturated heterocycles. The molecule has 0 spiro atoms. The molecule has 0 radical (unpaired) electrons. The van der Waals surface area contributed by atoms with Crippen molar-refractivity contribution in [1.82, 2.24) is 14.6 Å². The van der Waals surface area contributed by atoms with E-state index < -0.39 is 0 Å². The third-order valence-electron chi connectivity index (χ3n) is 3.61. The van der Waals surface area contributed by atoms with Gasteiger partial charge in [0.2, 0.25) is 0 Å². The summed E-state index contributed by atoms with van der Waals surface area (Å²) in [6.07, 6.45) is 5.75. The number of hydrogen-bond acceptors (Lipinski definition) is 4. The molecule has 0 aliphatic heterocycles. The van der Waals surface area contributed by atoms with Crippen LogP contribution in [-0.4, -0.2) is 21.7 Å². The van der Waals surface area contributed by atoms with Gasteiger partial charge >= 0.3 is 0 Å². The Morgan fingerprint density at radius 1 is 0.958 bits per heavy atom. The maximum Gasteiger partial charge on any atom is 0.162 e. The van der Waals surface area contributed by atoms with E-state index in [1.54, 1.807) is 18.4 Å². The van der Waals surface area contributed by atoms with Gasteiger partial charge in [-0.25, -0.2) is 9.50 Å². The minimum Gasteiger partial charge on any atom is -0.497 e. The highest BCUT2D eigenvalue weighted by molar-refractivity contribution is 7.08. The zero-order chi connectivity index (χ0) is 16.9. The van der Waals surface area contributed by atoms with E-state index in [2.05, 4.69) is 26.9 Å². The average molecular weight is 337 g/mol. The molecule has 0 aliphatic carbocycles. The first-order valence-electron chi connectivity index (χ1n) is 7.85. The molecule has 3 aromatic heterocycles. The van der Waals surface area contributed by atoms with Gasteiger partial charge in [-0.1, -0.05) is 26.0 Å². The highest BCUT2D eigenvalue weighted by Crippen LogP contribution is 2.27. The van der Waals surface area contributed by atoms with Crippen molar-refractivity contribution in [2.24, 2.45) is 0 Å². The third-order valence-corrected chi connectivity index (χ3v) is 4.30. The molecule has 0 aliphatic rings. The molecule has 4 rings (SSSR count). The Hall–Kier alpha value is -2.66. The second-order valence-corrected chi connectivity index (χ2v) is 5.69. The molecule has 0 N–H and O–H groups in total. The fraction of sp³-hybridized carbons (Fsp3) is 0.158. The zero-order valence-corrected chi connectivity index (χ0v) is 14.7. The van der Waals surface area contributed by atoms with Gasteiger partial charge in [0.05, 0.1) is 13.3 Å². The van der Waals surface area contributed by atoms with E-state index in [-0.39, 0.29) is 0 Å². The van der Waals surface area contributed by atoms with Crippen LogP contribution < -0.4 is 4.74 Å². The second-order valence-electron chi connectivity index (χ2n) is 4.91. The minimum absolute atomic E-state index is 0.844. The number of methoxy groups -OCH3 is 1. The predicted molar refractivity (Wildman–Crippen MR) is 99.6 cm³/mol. The molecule has 5 heteroatoms. The fourth-order valence-corrected chi connectivity index (χ4v) is 3.08.